The van der Waals surface area contributed by atoms with Crippen LogP contribution in [-0.4, -0.2) is 25.3 Å². The maximum atomic E-state index is 5.85. The number of benzene rings is 1. The van der Waals surface area contributed by atoms with Crippen LogP contribution in [0.25, 0.3) is 0 Å². The van der Waals surface area contributed by atoms with E-state index in [4.69, 9.17) is 10.5 Å². The minimum atomic E-state index is 0.0376. The molecule has 0 atom stereocenters. The van der Waals surface area contributed by atoms with Gasteiger partial charge in [0.25, 0.3) is 0 Å². The summed E-state index contributed by atoms with van der Waals surface area (Å²) in [5, 5.41) is 3.53. The molecule has 0 unspecified atom stereocenters. The van der Waals surface area contributed by atoms with Gasteiger partial charge in [-0.25, -0.2) is 0 Å². The third kappa shape index (κ3) is 2.20. The van der Waals surface area contributed by atoms with E-state index in [-0.39, 0.29) is 5.54 Å². The minimum absolute atomic E-state index is 0.0376. The van der Waals surface area contributed by atoms with Crippen molar-refractivity contribution in [3.63, 3.8) is 0 Å². The predicted octanol–water partition coefficient (Wildman–Crippen LogP) is 1.91. The first-order valence-electron chi connectivity index (χ1n) is 5.75. The molecule has 0 aromatic heterocycles. The van der Waals surface area contributed by atoms with E-state index in [0.717, 1.165) is 18.5 Å². The summed E-state index contributed by atoms with van der Waals surface area (Å²) in [5.74, 6) is 0. The predicted molar refractivity (Wildman–Crippen MR) is 66.6 cm³/mol. The van der Waals surface area contributed by atoms with Gasteiger partial charge < -0.3 is 15.8 Å². The van der Waals surface area contributed by atoms with Gasteiger partial charge in [0.2, 0.25) is 0 Å². The molecule has 88 valence electrons. The molecule has 0 saturated heterocycles. The first-order chi connectivity index (χ1) is 7.67. The van der Waals surface area contributed by atoms with Gasteiger partial charge in [-0.1, -0.05) is 17.7 Å². The lowest BCUT2D eigenvalue weighted by atomic mass is 9.74. The Morgan fingerprint density at radius 1 is 1.38 bits per heavy atom. The number of hydrogen-bond acceptors (Lipinski definition) is 3. The Kier molecular flexibility index (Phi) is 3.17. The topological polar surface area (TPSA) is 47.3 Å². The lowest BCUT2D eigenvalue weighted by molar-refractivity contribution is -0.00244. The zero-order valence-corrected chi connectivity index (χ0v) is 9.99. The van der Waals surface area contributed by atoms with E-state index in [9.17, 15) is 0 Å². The third-order valence-corrected chi connectivity index (χ3v) is 3.42. The summed E-state index contributed by atoms with van der Waals surface area (Å²) < 4.78 is 5.30. The normalized spacial score (nSPS) is 28.6. The van der Waals surface area contributed by atoms with Gasteiger partial charge in [0, 0.05) is 19.3 Å². The highest BCUT2D eigenvalue weighted by Crippen LogP contribution is 2.36. The molecular formula is C13H20N2O. The van der Waals surface area contributed by atoms with Crippen LogP contribution in [0, 0.1) is 6.92 Å². The van der Waals surface area contributed by atoms with Gasteiger partial charge in [0.05, 0.1) is 11.6 Å². The van der Waals surface area contributed by atoms with Crippen LogP contribution >= 0.6 is 0 Å². The van der Waals surface area contributed by atoms with Crippen molar-refractivity contribution >= 4 is 5.69 Å². The fraction of sp³-hybridized carbons (Fsp3) is 0.538. The molecule has 1 aliphatic carbocycles. The van der Waals surface area contributed by atoms with E-state index in [1.54, 1.807) is 7.11 Å². The summed E-state index contributed by atoms with van der Waals surface area (Å²) in [6, 6.07) is 8.43. The molecule has 0 bridgehead atoms. The Morgan fingerprint density at radius 3 is 2.50 bits per heavy atom. The van der Waals surface area contributed by atoms with Crippen LogP contribution in [0.4, 0.5) is 5.69 Å². The van der Waals surface area contributed by atoms with E-state index in [2.05, 4.69) is 36.5 Å². The van der Waals surface area contributed by atoms with E-state index in [1.807, 2.05) is 0 Å². The molecule has 1 aromatic rings. The number of hydrogen-bond donors (Lipinski definition) is 2. The smallest absolute Gasteiger partial charge is 0.0616 e. The molecule has 1 saturated carbocycles. The molecule has 3 heteroatoms. The number of nitrogens with two attached hydrogens (primary N) is 1. The largest absolute Gasteiger partial charge is 0.381 e. The molecule has 3 N–H and O–H groups in total. The van der Waals surface area contributed by atoms with Gasteiger partial charge in [0.1, 0.15) is 0 Å². The van der Waals surface area contributed by atoms with Gasteiger partial charge in [-0.05, 0) is 31.9 Å². The average Bonchev–Trinajstić information content (AvgIpc) is 2.26. The summed E-state index contributed by atoms with van der Waals surface area (Å²) in [5.41, 5.74) is 8.30. The van der Waals surface area contributed by atoms with Crippen molar-refractivity contribution in [2.24, 2.45) is 5.73 Å². The lowest BCUT2D eigenvalue weighted by Gasteiger charge is -2.47. The number of methoxy groups -OCH3 is 1. The van der Waals surface area contributed by atoms with Crippen LogP contribution in [0.1, 0.15) is 18.4 Å². The maximum absolute atomic E-state index is 5.85. The summed E-state index contributed by atoms with van der Waals surface area (Å²) in [7, 11) is 1.76. The van der Waals surface area contributed by atoms with Crippen molar-refractivity contribution in [1.29, 1.82) is 0 Å². The summed E-state index contributed by atoms with van der Waals surface area (Å²) in [6.45, 7) is 2.74. The van der Waals surface area contributed by atoms with Crippen LogP contribution in [0.15, 0.2) is 24.3 Å². The number of anilines is 1. The van der Waals surface area contributed by atoms with Gasteiger partial charge in [-0.2, -0.15) is 0 Å². The monoisotopic (exact) mass is 220 g/mol. The molecule has 1 fully saturated rings. The second-order valence-corrected chi connectivity index (χ2v) is 4.74. The van der Waals surface area contributed by atoms with Crippen molar-refractivity contribution in [2.45, 2.75) is 31.4 Å². The standard InChI is InChI=1S/C13H20N2O/c1-10-3-5-11(6-4-10)15-13(9-14)7-12(8-13)16-2/h3-6,12,15H,7-9,14H2,1-2H3. The van der Waals surface area contributed by atoms with Gasteiger partial charge >= 0.3 is 0 Å². The zero-order chi connectivity index (χ0) is 11.6. The summed E-state index contributed by atoms with van der Waals surface area (Å²) in [4.78, 5) is 0. The molecular weight excluding hydrogens is 200 g/mol. The van der Waals surface area contributed by atoms with Gasteiger partial charge in [-0.15, -0.1) is 0 Å². The van der Waals surface area contributed by atoms with E-state index in [1.165, 1.54) is 5.56 Å². The maximum Gasteiger partial charge on any atom is 0.0616 e. The Balaban J connectivity index is 2.00. The molecule has 3 nitrogen and oxygen atoms in total. The fourth-order valence-electron chi connectivity index (χ4n) is 2.24. The number of ether oxygens (including phenoxy) is 1. The Bertz CT molecular complexity index is 341. The SMILES string of the molecule is COC1CC(CN)(Nc2ccc(C)cc2)C1. The number of rotatable bonds is 4. The van der Waals surface area contributed by atoms with Crippen molar-refractivity contribution in [1.82, 2.24) is 0 Å². The minimum Gasteiger partial charge on any atom is -0.381 e. The third-order valence-electron chi connectivity index (χ3n) is 3.42. The quantitative estimate of drug-likeness (QED) is 0.815. The molecule has 0 spiro atoms. The Labute approximate surface area is 97.0 Å². The van der Waals surface area contributed by atoms with Crippen LogP contribution in [-0.2, 0) is 4.74 Å². The van der Waals surface area contributed by atoms with Crippen molar-refractivity contribution in [3.05, 3.63) is 29.8 Å². The fourth-order valence-corrected chi connectivity index (χ4v) is 2.24. The van der Waals surface area contributed by atoms with E-state index in [0.29, 0.717) is 12.6 Å². The molecule has 0 amide bonds. The zero-order valence-electron chi connectivity index (χ0n) is 9.99. The number of aryl methyl sites for hydroxylation is 1. The van der Waals surface area contributed by atoms with E-state index < -0.39 is 0 Å². The van der Waals surface area contributed by atoms with Crippen LogP contribution in [0.5, 0.6) is 0 Å². The van der Waals surface area contributed by atoms with Crippen molar-refractivity contribution < 1.29 is 4.74 Å². The summed E-state index contributed by atoms with van der Waals surface area (Å²) in [6.07, 6.45) is 2.35. The van der Waals surface area contributed by atoms with E-state index >= 15 is 0 Å². The summed E-state index contributed by atoms with van der Waals surface area (Å²) >= 11 is 0. The van der Waals surface area contributed by atoms with Gasteiger partial charge in [-0.3, -0.25) is 0 Å². The van der Waals surface area contributed by atoms with Crippen molar-refractivity contribution in [3.8, 4) is 0 Å². The van der Waals surface area contributed by atoms with Crippen LogP contribution in [0.2, 0.25) is 0 Å². The Hall–Kier alpha value is -1.06. The molecule has 0 radical (unpaired) electrons. The lowest BCUT2D eigenvalue weighted by Crippen LogP contribution is -2.58. The highest BCUT2D eigenvalue weighted by Gasteiger charge is 2.43. The second kappa shape index (κ2) is 4.44. The first kappa shape index (κ1) is 11.4. The van der Waals surface area contributed by atoms with Crippen molar-refractivity contribution in [2.75, 3.05) is 19.0 Å². The van der Waals surface area contributed by atoms with Gasteiger partial charge in [0.15, 0.2) is 0 Å². The average molecular weight is 220 g/mol. The Morgan fingerprint density at radius 2 is 2.00 bits per heavy atom. The molecule has 1 aromatic carbocycles. The van der Waals surface area contributed by atoms with Crippen LogP contribution in [0.3, 0.4) is 0 Å². The highest BCUT2D eigenvalue weighted by molar-refractivity contribution is 5.47. The molecule has 0 heterocycles. The molecule has 16 heavy (non-hydrogen) atoms. The molecule has 1 aliphatic rings. The van der Waals surface area contributed by atoms with Crippen LogP contribution < -0.4 is 11.1 Å². The number of nitrogens with one attached hydrogen (secondary N) is 1. The molecule has 2 rings (SSSR count). The second-order valence-electron chi connectivity index (χ2n) is 4.74. The molecule has 0 aliphatic heterocycles. The highest BCUT2D eigenvalue weighted by atomic mass is 16.5. The first-order valence-corrected chi connectivity index (χ1v) is 5.75.